The van der Waals surface area contributed by atoms with Crippen LogP contribution >= 0.6 is 11.6 Å². The van der Waals surface area contributed by atoms with Crippen LogP contribution in [0.5, 0.6) is 0 Å². The molecule has 8 nitrogen and oxygen atoms in total. The van der Waals surface area contributed by atoms with Crippen LogP contribution < -0.4 is 31.1 Å². The molecule has 2 amide bonds. The van der Waals surface area contributed by atoms with Gasteiger partial charge in [-0.15, -0.1) is 0 Å². The fourth-order valence-electron chi connectivity index (χ4n) is 8.71. The van der Waals surface area contributed by atoms with Gasteiger partial charge in [0, 0.05) is 80.8 Å². The zero-order chi connectivity index (χ0) is 32.9. The number of amides is 2. The predicted molar refractivity (Wildman–Crippen MR) is 188 cm³/mol. The Morgan fingerprint density at radius 1 is 1.15 bits per heavy atom. The number of aryl methyl sites for hydroxylation is 1. The summed E-state index contributed by atoms with van der Waals surface area (Å²) in [7, 11) is 4.22. The van der Waals surface area contributed by atoms with Crippen molar-refractivity contribution in [2.75, 3.05) is 39.0 Å². The van der Waals surface area contributed by atoms with E-state index in [-0.39, 0.29) is 28.9 Å². The zero-order valence-electron chi connectivity index (χ0n) is 28.1. The molecule has 2 fully saturated rings. The molecule has 7 rings (SSSR count). The Balaban J connectivity index is 0.968. The lowest BCUT2D eigenvalue weighted by molar-refractivity contribution is -0.124. The first-order valence-corrected chi connectivity index (χ1v) is 17.8. The highest BCUT2D eigenvalue weighted by Gasteiger charge is 2.41. The number of hydrogen-bond acceptors (Lipinski definition) is 5. The second-order valence-electron chi connectivity index (χ2n) is 14.9. The minimum atomic E-state index is -0.303. The number of likely N-dealkylation sites (N-methyl/N-ethyl adjacent to an activating group) is 1. The number of nitrogens with one attached hydrogen (secondary N) is 3. The van der Waals surface area contributed by atoms with Crippen LogP contribution in [0.15, 0.2) is 48.3 Å². The number of benzene rings is 1. The van der Waals surface area contributed by atoms with Gasteiger partial charge in [-0.2, -0.15) is 0 Å². The van der Waals surface area contributed by atoms with Crippen LogP contribution in [-0.2, 0) is 21.4 Å². The van der Waals surface area contributed by atoms with Crippen LogP contribution in [-0.4, -0.2) is 67.5 Å². The van der Waals surface area contributed by atoms with Gasteiger partial charge in [-0.1, -0.05) is 43.7 Å². The van der Waals surface area contributed by atoms with Gasteiger partial charge in [-0.05, 0) is 71.6 Å². The van der Waals surface area contributed by atoms with Crippen LogP contribution in [0, 0.1) is 11.8 Å². The van der Waals surface area contributed by atoms with Gasteiger partial charge in [0.2, 0.25) is 17.2 Å². The van der Waals surface area contributed by atoms with Crippen LogP contribution in [0.2, 0.25) is 5.15 Å². The van der Waals surface area contributed by atoms with Gasteiger partial charge in [0.1, 0.15) is 13.1 Å². The lowest BCUT2D eigenvalue weighted by atomic mass is 9.62. The number of nitrogens with zero attached hydrogens (tertiary/aromatic N) is 3. The van der Waals surface area contributed by atoms with Gasteiger partial charge in [-0.3, -0.25) is 9.59 Å². The molecule has 2 unspecified atom stereocenters. The van der Waals surface area contributed by atoms with Crippen LogP contribution in [0.1, 0.15) is 75.0 Å². The standard InChI is InChI=1S/C38H47ClN6O2/c1-38(2)30-19-28(44(3)4)11-9-23(30)15-25-16-24-7-5-13-45(34(24)20-31(25)38)14-6-8-35(46)40-22-36(47)43-33-17-26(21-41-37(33)39)29-18-27-10-12-32(29)42-27/h9,11,15-17,19-21,23,27,29-30,32,42H,5-8,10,12-14,18,22H2,1-4H3,(H-,40,43,46,47)/p+1/t23?,27-,29+,30?,32+/m0/s1. The summed E-state index contributed by atoms with van der Waals surface area (Å²) in [6.45, 7) is 6.47. The van der Waals surface area contributed by atoms with Crippen molar-refractivity contribution in [3.05, 3.63) is 80.7 Å². The van der Waals surface area contributed by atoms with E-state index >= 15 is 0 Å². The topological polar surface area (TPSA) is 89.4 Å². The van der Waals surface area contributed by atoms with Crippen molar-refractivity contribution in [3.8, 4) is 0 Å². The minimum absolute atomic E-state index is 0.00561. The normalized spacial score (nSPS) is 26.4. The molecule has 2 bridgehead atoms. The second-order valence-corrected chi connectivity index (χ2v) is 15.3. The third-order valence-electron chi connectivity index (χ3n) is 11.3. The lowest BCUT2D eigenvalue weighted by Gasteiger charge is -2.42. The number of hydrogen-bond donors (Lipinski definition) is 3. The molecule has 1 aromatic carbocycles. The van der Waals surface area contributed by atoms with Gasteiger partial charge in [0.15, 0.2) is 5.15 Å². The SMILES string of the molecule is CN(C)C1=CC2C(C=C1)C=c1cc3c(cc1C2(C)C)=[N+](CCCC(=O)NCC(=O)Nc1cc([C@H]2C[C@@H]4CC[C@H]2N4)cnc1Cl)CCC3. The molecule has 2 saturated heterocycles. The van der Waals surface area contributed by atoms with Crippen molar-refractivity contribution < 1.29 is 9.59 Å². The second kappa shape index (κ2) is 12.8. The highest BCUT2D eigenvalue weighted by molar-refractivity contribution is 6.32. The number of carbonyl (C=O) groups is 2. The Labute approximate surface area is 283 Å². The number of carbonyl (C=O) groups excluding carboxylic acids is 2. The maximum atomic E-state index is 12.8. The molecule has 0 radical (unpaired) electrons. The Morgan fingerprint density at radius 3 is 2.77 bits per heavy atom. The number of pyridine rings is 1. The van der Waals surface area contributed by atoms with E-state index in [2.05, 4.69) is 94.8 Å². The summed E-state index contributed by atoms with van der Waals surface area (Å²) < 4.78 is 2.46. The highest BCUT2D eigenvalue weighted by atomic mass is 35.5. The Bertz CT molecular complexity index is 1780. The minimum Gasteiger partial charge on any atom is -0.378 e. The summed E-state index contributed by atoms with van der Waals surface area (Å²) in [6.07, 6.45) is 18.1. The van der Waals surface area contributed by atoms with E-state index in [1.165, 1.54) is 40.2 Å². The summed E-state index contributed by atoms with van der Waals surface area (Å²) >= 11 is 6.33. The van der Waals surface area contributed by atoms with Crippen LogP contribution in [0.3, 0.4) is 0 Å². The fraction of sp³-hybridized carbons (Fsp3) is 0.526. The van der Waals surface area contributed by atoms with Crippen molar-refractivity contribution in [1.29, 1.82) is 0 Å². The molecule has 3 aliphatic heterocycles. The number of anilines is 1. The third-order valence-corrected chi connectivity index (χ3v) is 11.6. The smallest absolute Gasteiger partial charge is 0.243 e. The van der Waals surface area contributed by atoms with E-state index in [0.717, 1.165) is 44.3 Å². The molecule has 248 valence electrons. The number of aromatic nitrogens is 1. The summed E-state index contributed by atoms with van der Waals surface area (Å²) in [5.41, 5.74) is 5.67. The largest absolute Gasteiger partial charge is 0.378 e. The van der Waals surface area contributed by atoms with E-state index in [1.807, 2.05) is 12.3 Å². The van der Waals surface area contributed by atoms with Gasteiger partial charge >= 0.3 is 0 Å². The number of allylic oxidation sites excluding steroid dienone is 3. The molecule has 0 spiro atoms. The summed E-state index contributed by atoms with van der Waals surface area (Å²) in [6, 6.07) is 7.84. The van der Waals surface area contributed by atoms with Gasteiger partial charge in [0.25, 0.3) is 0 Å². The Morgan fingerprint density at radius 2 is 2.00 bits per heavy atom. The monoisotopic (exact) mass is 655 g/mol. The molecule has 47 heavy (non-hydrogen) atoms. The van der Waals surface area contributed by atoms with Gasteiger partial charge in [-0.25, -0.2) is 9.56 Å². The number of halogens is 1. The van der Waals surface area contributed by atoms with Crippen LogP contribution in [0.4, 0.5) is 5.69 Å². The highest BCUT2D eigenvalue weighted by Crippen LogP contribution is 2.43. The quantitative estimate of drug-likeness (QED) is 0.284. The average molecular weight is 656 g/mol. The zero-order valence-corrected chi connectivity index (χ0v) is 28.9. The van der Waals surface area contributed by atoms with Crippen molar-refractivity contribution in [2.24, 2.45) is 11.8 Å². The molecule has 2 aromatic rings. The lowest BCUT2D eigenvalue weighted by Crippen LogP contribution is -2.46. The maximum Gasteiger partial charge on any atom is 0.243 e. The molecule has 9 heteroatoms. The molecular formula is C38H48ClN6O2+. The molecule has 4 heterocycles. The number of rotatable bonds is 9. The Hall–Kier alpha value is -3.49. The molecule has 5 aliphatic rings. The summed E-state index contributed by atoms with van der Waals surface area (Å²) in [5, 5.41) is 12.3. The van der Waals surface area contributed by atoms with Crippen molar-refractivity contribution >= 4 is 35.2 Å². The maximum absolute atomic E-state index is 12.8. The van der Waals surface area contributed by atoms with Gasteiger partial charge < -0.3 is 20.9 Å². The summed E-state index contributed by atoms with van der Waals surface area (Å²) in [5.74, 6) is 0.783. The first-order chi connectivity index (χ1) is 22.6. The first-order valence-electron chi connectivity index (χ1n) is 17.4. The van der Waals surface area contributed by atoms with Crippen molar-refractivity contribution in [2.45, 2.75) is 82.2 Å². The molecule has 1 aromatic heterocycles. The third kappa shape index (κ3) is 6.39. The Kier molecular flexibility index (Phi) is 8.77. The molecule has 3 N–H and O–H groups in total. The molecule has 2 aliphatic carbocycles. The molecular weight excluding hydrogens is 608 g/mol. The molecule has 0 saturated carbocycles. The average Bonchev–Trinajstić information content (AvgIpc) is 3.69. The van der Waals surface area contributed by atoms with Gasteiger partial charge in [0.05, 0.1) is 12.2 Å². The first kappa shape index (κ1) is 32.1. The van der Waals surface area contributed by atoms with E-state index in [1.54, 1.807) is 0 Å². The van der Waals surface area contributed by atoms with Crippen molar-refractivity contribution in [1.82, 2.24) is 25.1 Å². The van der Waals surface area contributed by atoms with E-state index in [9.17, 15) is 9.59 Å². The van der Waals surface area contributed by atoms with Crippen molar-refractivity contribution in [3.63, 3.8) is 0 Å². The van der Waals surface area contributed by atoms with E-state index in [0.29, 0.717) is 41.9 Å². The van der Waals surface area contributed by atoms with E-state index in [4.69, 9.17) is 11.6 Å². The predicted octanol–water partition coefficient (Wildman–Crippen LogP) is 3.63. The fourth-order valence-corrected chi connectivity index (χ4v) is 8.86. The number of fused-ring (bicyclic) bond motifs is 5. The molecule has 5 atom stereocenters. The van der Waals surface area contributed by atoms with Crippen LogP contribution in [0.25, 0.3) is 6.08 Å². The summed E-state index contributed by atoms with van der Waals surface area (Å²) in [4.78, 5) is 32.0. The van der Waals surface area contributed by atoms with E-state index < -0.39 is 0 Å².